The fraction of sp³-hybridized carbons (Fsp3) is 0.333. The van der Waals surface area contributed by atoms with Gasteiger partial charge in [-0.1, -0.05) is 6.07 Å². The molecule has 0 bridgehead atoms. The van der Waals surface area contributed by atoms with Crippen molar-refractivity contribution < 1.29 is 4.79 Å². The number of aromatic nitrogens is 1. The molecule has 4 heteroatoms. The van der Waals surface area contributed by atoms with Crippen LogP contribution in [-0.2, 0) is 4.79 Å². The maximum absolute atomic E-state index is 11.4. The molecule has 0 aliphatic heterocycles. The highest BCUT2D eigenvalue weighted by atomic mass is 16.2. The van der Waals surface area contributed by atoms with E-state index in [0.29, 0.717) is 5.82 Å². The first kappa shape index (κ1) is 9.67. The van der Waals surface area contributed by atoms with Crippen molar-refractivity contribution in [1.82, 2.24) is 4.98 Å². The Morgan fingerprint density at radius 1 is 1.62 bits per heavy atom. The van der Waals surface area contributed by atoms with Gasteiger partial charge in [0.2, 0.25) is 5.91 Å². The molecule has 0 aromatic carbocycles. The lowest BCUT2D eigenvalue weighted by Gasteiger charge is -2.17. The Balaban J connectivity index is 2.80. The Morgan fingerprint density at radius 2 is 2.31 bits per heavy atom. The number of anilines is 1. The second-order valence-corrected chi connectivity index (χ2v) is 2.87. The number of rotatable bonds is 2. The minimum Gasteiger partial charge on any atom is -0.320 e. The highest BCUT2D eigenvalue weighted by molar-refractivity contribution is 5.95. The third-order valence-corrected chi connectivity index (χ3v) is 1.71. The summed E-state index contributed by atoms with van der Waals surface area (Å²) in [7, 11) is 1.66. The minimum atomic E-state index is -0.494. The first-order chi connectivity index (χ1) is 6.13. The zero-order valence-corrected chi connectivity index (χ0v) is 7.77. The zero-order valence-electron chi connectivity index (χ0n) is 7.77. The van der Waals surface area contributed by atoms with E-state index >= 15 is 0 Å². The highest BCUT2D eigenvalue weighted by Crippen LogP contribution is 2.07. The molecular weight excluding hydrogens is 166 g/mol. The molecule has 4 nitrogen and oxygen atoms in total. The summed E-state index contributed by atoms with van der Waals surface area (Å²) >= 11 is 0. The van der Waals surface area contributed by atoms with Gasteiger partial charge in [-0.25, -0.2) is 4.98 Å². The van der Waals surface area contributed by atoms with E-state index in [2.05, 4.69) is 4.98 Å². The Kier molecular flexibility index (Phi) is 2.97. The predicted octanol–water partition coefficient (Wildman–Crippen LogP) is 0.392. The van der Waals surface area contributed by atoms with Gasteiger partial charge in [-0.3, -0.25) is 9.69 Å². The summed E-state index contributed by atoms with van der Waals surface area (Å²) in [6, 6.07) is 4.90. The Bertz CT molecular complexity index is 284. The third-order valence-electron chi connectivity index (χ3n) is 1.71. The maximum Gasteiger partial charge on any atom is 0.244 e. The summed E-state index contributed by atoms with van der Waals surface area (Å²) in [5.74, 6) is 0.475. The third kappa shape index (κ3) is 2.26. The maximum atomic E-state index is 11.4. The summed E-state index contributed by atoms with van der Waals surface area (Å²) in [4.78, 5) is 16.9. The standard InChI is InChI=1S/C9H13N3O/c1-7(10)9(13)12(2)8-5-3-4-6-11-8/h3-7H,10H2,1-2H3. The van der Waals surface area contributed by atoms with Crippen LogP contribution in [0.2, 0.25) is 0 Å². The van der Waals surface area contributed by atoms with Crippen LogP contribution in [0, 0.1) is 0 Å². The Hall–Kier alpha value is -1.42. The molecule has 0 radical (unpaired) electrons. The molecule has 1 atom stereocenters. The Labute approximate surface area is 77.4 Å². The molecular formula is C9H13N3O. The monoisotopic (exact) mass is 179 g/mol. The van der Waals surface area contributed by atoms with Crippen molar-refractivity contribution in [2.75, 3.05) is 11.9 Å². The molecule has 1 unspecified atom stereocenters. The molecule has 0 fully saturated rings. The van der Waals surface area contributed by atoms with Crippen molar-refractivity contribution in [2.45, 2.75) is 13.0 Å². The summed E-state index contributed by atoms with van der Waals surface area (Å²) in [5.41, 5.74) is 5.46. The van der Waals surface area contributed by atoms with Crippen molar-refractivity contribution in [1.29, 1.82) is 0 Å². The van der Waals surface area contributed by atoms with Gasteiger partial charge in [-0.05, 0) is 19.1 Å². The van der Waals surface area contributed by atoms with Crippen LogP contribution in [0.1, 0.15) is 6.92 Å². The number of hydrogen-bond donors (Lipinski definition) is 1. The predicted molar refractivity (Wildman–Crippen MR) is 51.3 cm³/mol. The van der Waals surface area contributed by atoms with Gasteiger partial charge in [0, 0.05) is 13.2 Å². The zero-order chi connectivity index (χ0) is 9.84. The van der Waals surface area contributed by atoms with Crippen LogP contribution in [-0.4, -0.2) is 24.0 Å². The van der Waals surface area contributed by atoms with Crippen LogP contribution in [0.5, 0.6) is 0 Å². The number of pyridine rings is 1. The van der Waals surface area contributed by atoms with E-state index in [9.17, 15) is 4.79 Å². The molecule has 70 valence electrons. The van der Waals surface area contributed by atoms with E-state index < -0.39 is 6.04 Å². The number of amides is 1. The quantitative estimate of drug-likeness (QED) is 0.714. The lowest BCUT2D eigenvalue weighted by molar-refractivity contribution is -0.119. The molecule has 1 aromatic heterocycles. The van der Waals surface area contributed by atoms with Gasteiger partial charge in [0.25, 0.3) is 0 Å². The number of likely N-dealkylation sites (N-methyl/N-ethyl adjacent to an activating group) is 1. The van der Waals surface area contributed by atoms with Crippen molar-refractivity contribution >= 4 is 11.7 Å². The number of hydrogen-bond acceptors (Lipinski definition) is 3. The molecule has 0 saturated heterocycles. The van der Waals surface area contributed by atoms with Crippen LogP contribution < -0.4 is 10.6 Å². The van der Waals surface area contributed by atoms with Gasteiger partial charge in [0.1, 0.15) is 5.82 Å². The molecule has 0 saturated carbocycles. The molecule has 0 spiro atoms. The lowest BCUT2D eigenvalue weighted by atomic mass is 10.3. The largest absolute Gasteiger partial charge is 0.320 e. The average Bonchev–Trinajstić information content (AvgIpc) is 2.17. The average molecular weight is 179 g/mol. The molecule has 0 aliphatic carbocycles. The summed E-state index contributed by atoms with van der Waals surface area (Å²) in [6.45, 7) is 1.65. The van der Waals surface area contributed by atoms with E-state index in [1.807, 2.05) is 6.07 Å². The van der Waals surface area contributed by atoms with Crippen LogP contribution in [0.15, 0.2) is 24.4 Å². The molecule has 2 N–H and O–H groups in total. The fourth-order valence-electron chi connectivity index (χ4n) is 0.971. The smallest absolute Gasteiger partial charge is 0.244 e. The van der Waals surface area contributed by atoms with E-state index in [1.54, 1.807) is 32.3 Å². The van der Waals surface area contributed by atoms with Gasteiger partial charge in [0.15, 0.2) is 0 Å². The van der Waals surface area contributed by atoms with Crippen LogP contribution in [0.3, 0.4) is 0 Å². The van der Waals surface area contributed by atoms with Crippen molar-refractivity contribution in [3.8, 4) is 0 Å². The van der Waals surface area contributed by atoms with Gasteiger partial charge in [0.05, 0.1) is 6.04 Å². The van der Waals surface area contributed by atoms with E-state index in [4.69, 9.17) is 5.73 Å². The van der Waals surface area contributed by atoms with E-state index in [1.165, 1.54) is 4.90 Å². The molecule has 1 rings (SSSR count). The second kappa shape index (κ2) is 4.00. The second-order valence-electron chi connectivity index (χ2n) is 2.87. The minimum absolute atomic E-state index is 0.140. The molecule has 0 aliphatic rings. The highest BCUT2D eigenvalue weighted by Gasteiger charge is 2.14. The van der Waals surface area contributed by atoms with Crippen molar-refractivity contribution in [3.05, 3.63) is 24.4 Å². The number of nitrogens with zero attached hydrogens (tertiary/aromatic N) is 2. The summed E-state index contributed by atoms with van der Waals surface area (Å²) < 4.78 is 0. The summed E-state index contributed by atoms with van der Waals surface area (Å²) in [6.07, 6.45) is 1.64. The molecule has 1 aromatic rings. The van der Waals surface area contributed by atoms with Crippen molar-refractivity contribution in [2.24, 2.45) is 5.73 Å². The van der Waals surface area contributed by atoms with Gasteiger partial charge >= 0.3 is 0 Å². The number of nitrogens with two attached hydrogens (primary N) is 1. The molecule has 1 heterocycles. The van der Waals surface area contributed by atoms with Gasteiger partial charge in [-0.15, -0.1) is 0 Å². The fourth-order valence-corrected chi connectivity index (χ4v) is 0.971. The topological polar surface area (TPSA) is 59.2 Å². The van der Waals surface area contributed by atoms with Gasteiger partial charge in [-0.2, -0.15) is 0 Å². The molecule has 13 heavy (non-hydrogen) atoms. The first-order valence-electron chi connectivity index (χ1n) is 4.07. The summed E-state index contributed by atoms with van der Waals surface area (Å²) in [5, 5.41) is 0. The number of carbonyl (C=O) groups is 1. The van der Waals surface area contributed by atoms with E-state index in [0.717, 1.165) is 0 Å². The van der Waals surface area contributed by atoms with Crippen LogP contribution >= 0.6 is 0 Å². The van der Waals surface area contributed by atoms with Crippen LogP contribution in [0.25, 0.3) is 0 Å². The lowest BCUT2D eigenvalue weighted by Crippen LogP contribution is -2.40. The van der Waals surface area contributed by atoms with Gasteiger partial charge < -0.3 is 5.73 Å². The Morgan fingerprint density at radius 3 is 2.77 bits per heavy atom. The van der Waals surface area contributed by atoms with Crippen molar-refractivity contribution in [3.63, 3.8) is 0 Å². The SMILES string of the molecule is CC(N)C(=O)N(C)c1ccccn1. The first-order valence-corrected chi connectivity index (χ1v) is 4.07. The number of carbonyl (C=O) groups excluding carboxylic acids is 1. The normalized spacial score (nSPS) is 12.2. The van der Waals surface area contributed by atoms with E-state index in [-0.39, 0.29) is 5.91 Å². The van der Waals surface area contributed by atoms with Crippen LogP contribution in [0.4, 0.5) is 5.82 Å². The molecule has 1 amide bonds.